The van der Waals surface area contributed by atoms with Crippen molar-refractivity contribution >= 4 is 21.9 Å². The molecule has 0 bridgehead atoms. The molecule has 0 spiro atoms. The maximum absolute atomic E-state index is 11.2. The third-order valence-corrected chi connectivity index (χ3v) is 4.84. The fourth-order valence-corrected chi connectivity index (χ4v) is 3.99. The molecule has 1 fully saturated rings. The molecule has 1 aliphatic heterocycles. The van der Waals surface area contributed by atoms with Crippen molar-refractivity contribution in [2.45, 2.75) is 44.7 Å². The normalized spacial score (nSPS) is 18.0. The highest BCUT2D eigenvalue weighted by atomic mass is 79.9. The molecule has 114 valence electrons. The van der Waals surface area contributed by atoms with E-state index in [0.29, 0.717) is 12.6 Å². The van der Waals surface area contributed by atoms with Crippen LogP contribution in [0.4, 0.5) is 0 Å². The zero-order chi connectivity index (χ0) is 14.8. The van der Waals surface area contributed by atoms with E-state index in [1.165, 1.54) is 18.4 Å². The van der Waals surface area contributed by atoms with Crippen molar-refractivity contribution < 1.29 is 14.6 Å². The van der Waals surface area contributed by atoms with Crippen LogP contribution in [-0.4, -0.2) is 35.2 Å². The number of hydrogen-bond donors (Lipinski definition) is 1. The van der Waals surface area contributed by atoms with E-state index in [-0.39, 0.29) is 6.54 Å². The second-order valence-corrected chi connectivity index (χ2v) is 6.80. The average Bonchev–Trinajstić information content (AvgIpc) is 3.07. The minimum absolute atomic E-state index is 0.103. The van der Waals surface area contributed by atoms with Crippen LogP contribution in [-0.2, 0) is 17.8 Å². The summed E-state index contributed by atoms with van der Waals surface area (Å²) in [5.74, 6) is 0.209. The number of aliphatic carboxylic acids is 1. The molecular formula is C16H20BrNO3. The van der Waals surface area contributed by atoms with Gasteiger partial charge in [0.25, 0.3) is 0 Å². The smallest absolute Gasteiger partial charge is 0.317 e. The Bertz CT molecular complexity index is 541. The van der Waals surface area contributed by atoms with E-state index in [1.54, 1.807) is 0 Å². The lowest BCUT2D eigenvalue weighted by Crippen LogP contribution is -2.37. The number of nitrogens with zero attached hydrogens (tertiary/aromatic N) is 1. The van der Waals surface area contributed by atoms with Gasteiger partial charge in [0, 0.05) is 29.0 Å². The first-order valence-electron chi connectivity index (χ1n) is 7.53. The molecule has 1 heterocycles. The fourth-order valence-electron chi connectivity index (χ4n) is 3.44. The predicted molar refractivity (Wildman–Crippen MR) is 83.6 cm³/mol. The summed E-state index contributed by atoms with van der Waals surface area (Å²) in [6.45, 7) is 1.48. The predicted octanol–water partition coefficient (Wildman–Crippen LogP) is 3.21. The number of ether oxygens (including phenoxy) is 1. The molecule has 1 aromatic carbocycles. The number of halogens is 1. The maximum Gasteiger partial charge on any atom is 0.317 e. The van der Waals surface area contributed by atoms with Gasteiger partial charge in [0.1, 0.15) is 5.75 Å². The van der Waals surface area contributed by atoms with Gasteiger partial charge in [0.2, 0.25) is 0 Å². The van der Waals surface area contributed by atoms with Crippen molar-refractivity contribution in [3.63, 3.8) is 0 Å². The van der Waals surface area contributed by atoms with Gasteiger partial charge < -0.3 is 9.84 Å². The van der Waals surface area contributed by atoms with Gasteiger partial charge in [-0.05, 0) is 30.5 Å². The number of rotatable bonds is 5. The van der Waals surface area contributed by atoms with Crippen LogP contribution in [0.15, 0.2) is 16.6 Å². The lowest BCUT2D eigenvalue weighted by Gasteiger charge is -2.27. The molecule has 4 nitrogen and oxygen atoms in total. The number of hydrogen-bond acceptors (Lipinski definition) is 3. The SMILES string of the molecule is O=C(O)CN(Cc1cc(Br)cc2c1OCC2)C1CCCC1. The molecule has 1 aliphatic carbocycles. The molecule has 2 aliphatic rings. The zero-order valence-corrected chi connectivity index (χ0v) is 13.6. The molecule has 5 heteroatoms. The number of fused-ring (bicyclic) bond motifs is 1. The van der Waals surface area contributed by atoms with Gasteiger partial charge in [0.05, 0.1) is 13.2 Å². The average molecular weight is 354 g/mol. The van der Waals surface area contributed by atoms with Crippen LogP contribution < -0.4 is 4.74 Å². The van der Waals surface area contributed by atoms with Gasteiger partial charge in [0.15, 0.2) is 0 Å². The van der Waals surface area contributed by atoms with E-state index in [2.05, 4.69) is 33.0 Å². The fraction of sp³-hybridized carbons (Fsp3) is 0.562. The Hall–Kier alpha value is -1.07. The van der Waals surface area contributed by atoms with Crippen molar-refractivity contribution in [1.82, 2.24) is 4.90 Å². The molecule has 21 heavy (non-hydrogen) atoms. The molecule has 1 aromatic rings. The molecule has 0 radical (unpaired) electrons. The van der Waals surface area contributed by atoms with Gasteiger partial charge in [-0.15, -0.1) is 0 Å². The first-order valence-corrected chi connectivity index (χ1v) is 8.33. The summed E-state index contributed by atoms with van der Waals surface area (Å²) in [7, 11) is 0. The summed E-state index contributed by atoms with van der Waals surface area (Å²) >= 11 is 3.55. The summed E-state index contributed by atoms with van der Waals surface area (Å²) < 4.78 is 6.80. The summed E-state index contributed by atoms with van der Waals surface area (Å²) in [6.07, 6.45) is 5.54. The lowest BCUT2D eigenvalue weighted by atomic mass is 10.1. The van der Waals surface area contributed by atoms with E-state index in [9.17, 15) is 9.90 Å². The highest BCUT2D eigenvalue weighted by Crippen LogP contribution is 2.35. The van der Waals surface area contributed by atoms with Crippen molar-refractivity contribution in [2.75, 3.05) is 13.2 Å². The Morgan fingerprint density at radius 2 is 2.14 bits per heavy atom. The lowest BCUT2D eigenvalue weighted by molar-refractivity contribution is -0.139. The number of carboxylic acids is 1. The van der Waals surface area contributed by atoms with E-state index < -0.39 is 5.97 Å². The maximum atomic E-state index is 11.2. The molecular weight excluding hydrogens is 334 g/mol. The van der Waals surface area contributed by atoms with Crippen molar-refractivity contribution in [1.29, 1.82) is 0 Å². The zero-order valence-electron chi connectivity index (χ0n) is 12.0. The number of carbonyl (C=O) groups is 1. The Balaban J connectivity index is 1.83. The number of carboxylic acid groups (broad SMARTS) is 1. The van der Waals surface area contributed by atoms with Gasteiger partial charge >= 0.3 is 5.97 Å². The van der Waals surface area contributed by atoms with Gasteiger partial charge in [-0.1, -0.05) is 28.8 Å². The van der Waals surface area contributed by atoms with Crippen molar-refractivity contribution in [2.24, 2.45) is 0 Å². The minimum Gasteiger partial charge on any atom is -0.493 e. The van der Waals surface area contributed by atoms with Crippen LogP contribution in [0.3, 0.4) is 0 Å². The topological polar surface area (TPSA) is 49.8 Å². The van der Waals surface area contributed by atoms with Gasteiger partial charge in [-0.25, -0.2) is 0 Å². The third-order valence-electron chi connectivity index (χ3n) is 4.38. The molecule has 1 saturated carbocycles. The summed E-state index contributed by atoms with van der Waals surface area (Å²) in [5.41, 5.74) is 2.33. The van der Waals surface area contributed by atoms with E-state index in [4.69, 9.17) is 4.74 Å². The third kappa shape index (κ3) is 3.40. The molecule has 0 saturated heterocycles. The number of benzene rings is 1. The quantitative estimate of drug-likeness (QED) is 0.882. The monoisotopic (exact) mass is 353 g/mol. The van der Waals surface area contributed by atoms with Crippen LogP contribution in [0.5, 0.6) is 5.75 Å². The second kappa shape index (κ2) is 6.36. The minimum atomic E-state index is -0.755. The van der Waals surface area contributed by atoms with Crippen LogP contribution in [0.2, 0.25) is 0 Å². The Kier molecular flexibility index (Phi) is 4.50. The van der Waals surface area contributed by atoms with Crippen LogP contribution in [0.1, 0.15) is 36.8 Å². The largest absolute Gasteiger partial charge is 0.493 e. The summed E-state index contributed by atoms with van der Waals surface area (Å²) in [6, 6.07) is 4.55. The summed E-state index contributed by atoms with van der Waals surface area (Å²) in [5, 5.41) is 9.19. The molecule has 3 rings (SSSR count). The highest BCUT2D eigenvalue weighted by Gasteiger charge is 2.26. The molecule has 0 aromatic heterocycles. The molecule has 0 unspecified atom stereocenters. The first kappa shape index (κ1) is 14.9. The van der Waals surface area contributed by atoms with Crippen LogP contribution in [0.25, 0.3) is 0 Å². The van der Waals surface area contributed by atoms with Gasteiger partial charge in [-0.2, -0.15) is 0 Å². The Morgan fingerprint density at radius 3 is 2.86 bits per heavy atom. The highest BCUT2D eigenvalue weighted by molar-refractivity contribution is 9.10. The standard InChI is InChI=1S/C16H20BrNO3/c17-13-7-11-5-6-21-16(11)12(8-13)9-18(10-15(19)20)14-3-1-2-4-14/h7-8,14H,1-6,9-10H2,(H,19,20). The van der Waals surface area contributed by atoms with E-state index >= 15 is 0 Å². The Labute approximate surface area is 133 Å². The molecule has 1 N–H and O–H groups in total. The van der Waals surface area contributed by atoms with Crippen molar-refractivity contribution in [3.8, 4) is 5.75 Å². The molecule has 0 amide bonds. The van der Waals surface area contributed by atoms with Crippen LogP contribution in [0, 0.1) is 0 Å². The summed E-state index contributed by atoms with van der Waals surface area (Å²) in [4.78, 5) is 13.3. The molecule has 0 atom stereocenters. The van der Waals surface area contributed by atoms with Crippen molar-refractivity contribution in [3.05, 3.63) is 27.7 Å². The first-order chi connectivity index (χ1) is 10.1. The second-order valence-electron chi connectivity index (χ2n) is 5.89. The van der Waals surface area contributed by atoms with Gasteiger partial charge in [-0.3, -0.25) is 9.69 Å². The van der Waals surface area contributed by atoms with E-state index in [0.717, 1.165) is 41.7 Å². The Morgan fingerprint density at radius 1 is 1.38 bits per heavy atom. The van der Waals surface area contributed by atoms with Crippen LogP contribution >= 0.6 is 15.9 Å². The van der Waals surface area contributed by atoms with E-state index in [1.807, 2.05) is 0 Å².